The molecule has 0 unspecified atom stereocenters. The number of likely N-dealkylation sites (N-methyl/N-ethyl adjacent to an activating group) is 1. The van der Waals surface area contributed by atoms with Gasteiger partial charge in [-0.25, -0.2) is 0 Å². The molecule has 2 heterocycles. The minimum absolute atomic E-state index is 0.00428. The van der Waals surface area contributed by atoms with E-state index in [1.54, 1.807) is 0 Å². The molecule has 1 atom stereocenters. The molecule has 3 aromatic rings. The maximum atomic E-state index is 12.4. The van der Waals surface area contributed by atoms with E-state index < -0.39 is 0 Å². The number of hydrogen-bond donors (Lipinski definition) is 1. The van der Waals surface area contributed by atoms with Gasteiger partial charge in [0.1, 0.15) is 11.5 Å². The Bertz CT molecular complexity index is 913. The van der Waals surface area contributed by atoms with Crippen molar-refractivity contribution < 1.29 is 9.32 Å². The van der Waals surface area contributed by atoms with Gasteiger partial charge in [-0.1, -0.05) is 65.8 Å². The van der Waals surface area contributed by atoms with Gasteiger partial charge in [0.15, 0.2) is 0 Å². The van der Waals surface area contributed by atoms with Crippen LogP contribution in [0.15, 0.2) is 65.2 Å². The second-order valence-corrected chi connectivity index (χ2v) is 7.51. The number of hydrogen-bond acceptors (Lipinski definition) is 4. The van der Waals surface area contributed by atoms with Crippen LogP contribution in [0.2, 0.25) is 0 Å². The van der Waals surface area contributed by atoms with Crippen molar-refractivity contribution in [2.45, 2.75) is 38.8 Å². The molecule has 1 aliphatic heterocycles. The van der Waals surface area contributed by atoms with Crippen molar-refractivity contribution in [2.24, 2.45) is 0 Å². The fourth-order valence-corrected chi connectivity index (χ4v) is 4.09. The molecule has 1 amide bonds. The topological polar surface area (TPSA) is 58.4 Å². The van der Waals surface area contributed by atoms with E-state index in [0.717, 1.165) is 30.0 Å². The number of nitrogens with zero attached hydrogens (tertiary/aromatic N) is 2. The van der Waals surface area contributed by atoms with Crippen LogP contribution in [0.1, 0.15) is 47.9 Å². The molecule has 0 spiro atoms. The highest BCUT2D eigenvalue weighted by atomic mass is 16.5. The lowest BCUT2D eigenvalue weighted by atomic mass is 9.85. The lowest BCUT2D eigenvalue weighted by Gasteiger charge is -2.31. The number of aromatic nitrogens is 1. The fourth-order valence-electron chi connectivity index (χ4n) is 4.09. The standard InChI is InChI=1S/C24H27N3O2/c1-3-25-24(28)17(2)27-15-14-21-20(16-27)23(26-29-21)22(18-10-6-4-7-11-18)19-12-8-5-9-13-19/h4-13,17,22H,3,14-16H2,1-2H3,(H,25,28)/t17-/m0/s1. The number of fused-ring (bicyclic) bond motifs is 1. The fraction of sp³-hybridized carbons (Fsp3) is 0.333. The van der Waals surface area contributed by atoms with E-state index in [1.165, 1.54) is 11.1 Å². The normalized spacial score (nSPS) is 15.1. The third-order valence-corrected chi connectivity index (χ3v) is 5.70. The highest BCUT2D eigenvalue weighted by Crippen LogP contribution is 2.36. The van der Waals surface area contributed by atoms with Crippen molar-refractivity contribution >= 4 is 5.91 Å². The molecule has 0 aliphatic carbocycles. The monoisotopic (exact) mass is 389 g/mol. The molecule has 1 aromatic heterocycles. The Morgan fingerprint density at radius 1 is 1.10 bits per heavy atom. The first-order valence-corrected chi connectivity index (χ1v) is 10.3. The molecule has 0 bridgehead atoms. The number of rotatable bonds is 6. The van der Waals surface area contributed by atoms with E-state index >= 15 is 0 Å². The van der Waals surface area contributed by atoms with Gasteiger partial charge in [0, 0.05) is 31.6 Å². The van der Waals surface area contributed by atoms with Crippen LogP contribution in [0, 0.1) is 0 Å². The number of amides is 1. The first-order chi connectivity index (χ1) is 14.2. The largest absolute Gasteiger partial charge is 0.361 e. The highest BCUT2D eigenvalue weighted by molar-refractivity contribution is 5.81. The third kappa shape index (κ3) is 3.96. The summed E-state index contributed by atoms with van der Waals surface area (Å²) in [5.41, 5.74) is 4.43. The number of benzene rings is 2. The average Bonchev–Trinajstić information content (AvgIpc) is 3.18. The van der Waals surface area contributed by atoms with Crippen molar-refractivity contribution in [2.75, 3.05) is 13.1 Å². The van der Waals surface area contributed by atoms with Crippen LogP contribution in [-0.2, 0) is 17.8 Å². The smallest absolute Gasteiger partial charge is 0.237 e. The Morgan fingerprint density at radius 2 is 1.72 bits per heavy atom. The minimum Gasteiger partial charge on any atom is -0.361 e. The second-order valence-electron chi connectivity index (χ2n) is 7.51. The molecular weight excluding hydrogens is 362 g/mol. The van der Waals surface area contributed by atoms with Crippen LogP contribution < -0.4 is 5.32 Å². The first-order valence-electron chi connectivity index (χ1n) is 10.3. The summed E-state index contributed by atoms with van der Waals surface area (Å²) in [5, 5.41) is 7.45. The summed E-state index contributed by atoms with van der Waals surface area (Å²) < 4.78 is 5.77. The summed E-state index contributed by atoms with van der Waals surface area (Å²) in [5.74, 6) is 1.01. The molecule has 29 heavy (non-hydrogen) atoms. The molecule has 1 aliphatic rings. The van der Waals surface area contributed by atoms with E-state index in [2.05, 4.69) is 63.9 Å². The lowest BCUT2D eigenvalue weighted by Crippen LogP contribution is -2.47. The van der Waals surface area contributed by atoms with Crippen LogP contribution in [-0.4, -0.2) is 35.1 Å². The summed E-state index contributed by atoms with van der Waals surface area (Å²) in [7, 11) is 0. The number of carbonyl (C=O) groups is 1. The van der Waals surface area contributed by atoms with Crippen molar-refractivity contribution in [3.05, 3.63) is 88.8 Å². The Balaban J connectivity index is 1.70. The van der Waals surface area contributed by atoms with Crippen LogP contribution in [0.4, 0.5) is 0 Å². The average molecular weight is 389 g/mol. The molecular formula is C24H27N3O2. The predicted molar refractivity (Wildman–Crippen MR) is 113 cm³/mol. The maximum Gasteiger partial charge on any atom is 0.237 e. The Hall–Kier alpha value is -2.92. The molecule has 0 saturated heterocycles. The van der Waals surface area contributed by atoms with E-state index in [1.807, 2.05) is 26.0 Å². The minimum atomic E-state index is -0.183. The number of nitrogens with one attached hydrogen (secondary N) is 1. The SMILES string of the molecule is CCNC(=O)[C@H](C)N1CCc2onc(C(c3ccccc3)c3ccccc3)c2C1. The number of carbonyl (C=O) groups excluding carboxylic acids is 1. The Labute approximate surface area is 171 Å². The molecule has 5 heteroatoms. The van der Waals surface area contributed by atoms with Gasteiger partial charge in [-0.3, -0.25) is 9.69 Å². The quantitative estimate of drug-likeness (QED) is 0.698. The van der Waals surface area contributed by atoms with Crippen LogP contribution in [0.3, 0.4) is 0 Å². The summed E-state index contributed by atoms with van der Waals surface area (Å²) in [6.45, 7) is 6.02. The Kier molecular flexibility index (Phi) is 5.76. The van der Waals surface area contributed by atoms with Gasteiger partial charge < -0.3 is 9.84 Å². The van der Waals surface area contributed by atoms with E-state index in [0.29, 0.717) is 13.1 Å². The van der Waals surface area contributed by atoms with Gasteiger partial charge in [-0.2, -0.15) is 0 Å². The maximum absolute atomic E-state index is 12.4. The molecule has 150 valence electrons. The van der Waals surface area contributed by atoms with Gasteiger partial charge >= 0.3 is 0 Å². The van der Waals surface area contributed by atoms with E-state index in [9.17, 15) is 4.79 Å². The molecule has 0 saturated carbocycles. The summed E-state index contributed by atoms with van der Waals surface area (Å²) >= 11 is 0. The molecule has 2 aromatic carbocycles. The predicted octanol–water partition coefficient (Wildman–Crippen LogP) is 3.74. The third-order valence-electron chi connectivity index (χ3n) is 5.70. The van der Waals surface area contributed by atoms with E-state index in [-0.39, 0.29) is 17.9 Å². The molecule has 0 radical (unpaired) electrons. The van der Waals surface area contributed by atoms with Crippen molar-refractivity contribution in [3.63, 3.8) is 0 Å². The van der Waals surface area contributed by atoms with E-state index in [4.69, 9.17) is 4.52 Å². The first kappa shape index (κ1) is 19.4. The van der Waals surface area contributed by atoms with Gasteiger partial charge in [-0.05, 0) is 25.0 Å². The van der Waals surface area contributed by atoms with Crippen LogP contribution in [0.5, 0.6) is 0 Å². The second kappa shape index (κ2) is 8.62. The summed E-state index contributed by atoms with van der Waals surface area (Å²) in [6.07, 6.45) is 0.766. The van der Waals surface area contributed by atoms with Crippen molar-refractivity contribution in [1.29, 1.82) is 0 Å². The van der Waals surface area contributed by atoms with Gasteiger partial charge in [-0.15, -0.1) is 0 Å². The van der Waals surface area contributed by atoms with Crippen molar-refractivity contribution in [3.8, 4) is 0 Å². The van der Waals surface area contributed by atoms with Crippen molar-refractivity contribution in [1.82, 2.24) is 15.4 Å². The van der Waals surface area contributed by atoms with Crippen LogP contribution in [0.25, 0.3) is 0 Å². The zero-order valence-corrected chi connectivity index (χ0v) is 17.0. The van der Waals surface area contributed by atoms with Crippen LogP contribution >= 0.6 is 0 Å². The zero-order chi connectivity index (χ0) is 20.2. The molecule has 1 N–H and O–H groups in total. The summed E-state index contributed by atoms with van der Waals surface area (Å²) in [4.78, 5) is 14.6. The lowest BCUT2D eigenvalue weighted by molar-refractivity contribution is -0.126. The van der Waals surface area contributed by atoms with Gasteiger partial charge in [0.2, 0.25) is 5.91 Å². The zero-order valence-electron chi connectivity index (χ0n) is 17.0. The molecule has 4 rings (SSSR count). The Morgan fingerprint density at radius 3 is 2.31 bits per heavy atom. The molecule has 5 nitrogen and oxygen atoms in total. The highest BCUT2D eigenvalue weighted by Gasteiger charge is 2.32. The molecule has 0 fully saturated rings. The summed E-state index contributed by atoms with van der Waals surface area (Å²) in [6, 6.07) is 20.6. The van der Waals surface area contributed by atoms with Gasteiger partial charge in [0.25, 0.3) is 0 Å². The van der Waals surface area contributed by atoms with Gasteiger partial charge in [0.05, 0.1) is 12.0 Å².